The number of carbonyl (C=O) groups excluding carboxylic acids is 2. The van der Waals surface area contributed by atoms with Gasteiger partial charge in [-0.2, -0.15) is 5.10 Å². The zero-order chi connectivity index (χ0) is 25.0. The van der Waals surface area contributed by atoms with Crippen LogP contribution in [0.25, 0.3) is 5.69 Å². The maximum Gasteiger partial charge on any atom is 0.410 e. The lowest BCUT2D eigenvalue weighted by Crippen LogP contribution is -2.44. The van der Waals surface area contributed by atoms with Gasteiger partial charge in [0.2, 0.25) is 0 Å². The van der Waals surface area contributed by atoms with Gasteiger partial charge in [-0.25, -0.2) is 9.48 Å². The van der Waals surface area contributed by atoms with Crippen molar-refractivity contribution in [3.63, 3.8) is 0 Å². The predicted molar refractivity (Wildman–Crippen MR) is 134 cm³/mol. The van der Waals surface area contributed by atoms with Crippen LogP contribution in [-0.2, 0) is 4.74 Å². The highest BCUT2D eigenvalue weighted by molar-refractivity contribution is 5.93. The summed E-state index contributed by atoms with van der Waals surface area (Å²) in [5.74, 6) is 0.691. The van der Waals surface area contributed by atoms with Crippen molar-refractivity contribution in [1.82, 2.24) is 20.0 Å². The van der Waals surface area contributed by atoms with Crippen LogP contribution in [0.15, 0.2) is 30.3 Å². The van der Waals surface area contributed by atoms with Crippen molar-refractivity contribution < 1.29 is 19.1 Å². The molecule has 1 aromatic heterocycles. The van der Waals surface area contributed by atoms with Gasteiger partial charge in [0.15, 0.2) is 0 Å². The molecule has 2 heterocycles. The van der Waals surface area contributed by atoms with Crippen LogP contribution >= 0.6 is 0 Å². The summed E-state index contributed by atoms with van der Waals surface area (Å²) in [5, 5.41) is 7.74. The van der Waals surface area contributed by atoms with Gasteiger partial charge in [0, 0.05) is 32.0 Å². The van der Waals surface area contributed by atoms with Crippen molar-refractivity contribution in [3.05, 3.63) is 41.7 Å². The topological polar surface area (TPSA) is 85.7 Å². The van der Waals surface area contributed by atoms with Crippen LogP contribution in [0.3, 0.4) is 0 Å². The average molecular weight is 483 g/mol. The first kappa shape index (κ1) is 25.1. The third-order valence-electron chi connectivity index (χ3n) is 6.48. The third-order valence-corrected chi connectivity index (χ3v) is 6.48. The molecule has 0 unspecified atom stereocenters. The predicted octanol–water partition coefficient (Wildman–Crippen LogP) is 5.02. The van der Waals surface area contributed by atoms with E-state index in [2.05, 4.69) is 10.4 Å². The van der Waals surface area contributed by atoms with Gasteiger partial charge in [-0.15, -0.1) is 0 Å². The van der Waals surface area contributed by atoms with E-state index < -0.39 is 5.60 Å². The molecule has 2 aliphatic rings. The molecule has 0 radical (unpaired) electrons. The fraction of sp³-hybridized carbons (Fsp3) is 0.593. The van der Waals surface area contributed by atoms with E-state index in [1.54, 1.807) is 9.58 Å². The molecule has 1 aromatic carbocycles. The van der Waals surface area contributed by atoms with E-state index >= 15 is 0 Å². The Morgan fingerprint density at radius 2 is 1.66 bits per heavy atom. The SMILES string of the molecule is Cc1cc(C(=O)NC2CCCCC2)n(-c2ccc(OC3CCN(C(=O)OC(C)(C)C)CC3)cc2)n1. The van der Waals surface area contributed by atoms with Gasteiger partial charge in [0.05, 0.1) is 11.4 Å². The fourth-order valence-corrected chi connectivity index (χ4v) is 4.71. The molecule has 1 saturated heterocycles. The summed E-state index contributed by atoms with van der Waals surface area (Å²) >= 11 is 0. The van der Waals surface area contributed by atoms with Crippen molar-refractivity contribution in [2.45, 2.75) is 90.4 Å². The number of piperidine rings is 1. The molecule has 2 aromatic rings. The quantitative estimate of drug-likeness (QED) is 0.647. The number of benzene rings is 1. The number of aryl methyl sites for hydroxylation is 1. The first-order valence-electron chi connectivity index (χ1n) is 12.8. The summed E-state index contributed by atoms with van der Waals surface area (Å²) in [6.45, 7) is 8.76. The number of likely N-dealkylation sites (tertiary alicyclic amines) is 1. The lowest BCUT2D eigenvalue weighted by molar-refractivity contribution is 0.0126. The number of carbonyl (C=O) groups is 2. The summed E-state index contributed by atoms with van der Waals surface area (Å²) in [5.41, 5.74) is 1.68. The minimum Gasteiger partial charge on any atom is -0.490 e. The summed E-state index contributed by atoms with van der Waals surface area (Å²) in [4.78, 5) is 27.0. The smallest absolute Gasteiger partial charge is 0.410 e. The van der Waals surface area contributed by atoms with Gasteiger partial charge in [-0.3, -0.25) is 4.79 Å². The maximum atomic E-state index is 13.0. The summed E-state index contributed by atoms with van der Waals surface area (Å²) < 4.78 is 13.3. The van der Waals surface area contributed by atoms with E-state index in [1.165, 1.54) is 19.3 Å². The molecule has 1 N–H and O–H groups in total. The van der Waals surface area contributed by atoms with Crippen LogP contribution in [-0.4, -0.2) is 57.5 Å². The molecule has 0 bridgehead atoms. The lowest BCUT2D eigenvalue weighted by atomic mass is 9.95. The zero-order valence-corrected chi connectivity index (χ0v) is 21.4. The number of hydrogen-bond donors (Lipinski definition) is 1. The van der Waals surface area contributed by atoms with Crippen LogP contribution in [0.5, 0.6) is 5.75 Å². The van der Waals surface area contributed by atoms with Gasteiger partial charge in [-0.1, -0.05) is 19.3 Å². The molecule has 35 heavy (non-hydrogen) atoms. The van der Waals surface area contributed by atoms with Crippen molar-refractivity contribution in [3.8, 4) is 11.4 Å². The van der Waals surface area contributed by atoms with E-state index in [-0.39, 0.29) is 24.1 Å². The summed E-state index contributed by atoms with van der Waals surface area (Å²) in [6.07, 6.45) is 6.97. The van der Waals surface area contributed by atoms with E-state index in [9.17, 15) is 9.59 Å². The molecule has 2 fully saturated rings. The minimum absolute atomic E-state index is 0.0447. The number of rotatable bonds is 5. The van der Waals surface area contributed by atoms with E-state index in [1.807, 2.05) is 58.0 Å². The maximum absolute atomic E-state index is 13.0. The Bertz CT molecular complexity index is 1010. The van der Waals surface area contributed by atoms with Crippen LogP contribution in [0, 0.1) is 6.92 Å². The second kappa shape index (κ2) is 10.7. The number of nitrogens with zero attached hydrogens (tertiary/aromatic N) is 3. The first-order chi connectivity index (χ1) is 16.7. The molecule has 8 heteroatoms. The minimum atomic E-state index is -0.490. The van der Waals surface area contributed by atoms with Gasteiger partial charge >= 0.3 is 6.09 Å². The number of hydrogen-bond acceptors (Lipinski definition) is 5. The molecule has 0 spiro atoms. The molecular formula is C27H38N4O4. The normalized spacial score (nSPS) is 17.8. The fourth-order valence-electron chi connectivity index (χ4n) is 4.71. The summed E-state index contributed by atoms with van der Waals surface area (Å²) in [6, 6.07) is 9.76. The highest BCUT2D eigenvalue weighted by Crippen LogP contribution is 2.23. The Morgan fingerprint density at radius 1 is 1.00 bits per heavy atom. The second-order valence-electron chi connectivity index (χ2n) is 10.7. The largest absolute Gasteiger partial charge is 0.490 e. The van der Waals surface area contributed by atoms with Gasteiger partial charge in [0.25, 0.3) is 5.91 Å². The zero-order valence-electron chi connectivity index (χ0n) is 21.4. The molecule has 8 nitrogen and oxygen atoms in total. The Morgan fingerprint density at radius 3 is 2.29 bits per heavy atom. The molecule has 4 rings (SSSR count). The van der Waals surface area contributed by atoms with E-state index in [0.717, 1.165) is 42.8 Å². The van der Waals surface area contributed by atoms with Crippen LogP contribution in [0.4, 0.5) is 4.79 Å². The Kier molecular flexibility index (Phi) is 7.67. The molecule has 1 aliphatic heterocycles. The second-order valence-corrected chi connectivity index (χ2v) is 10.7. The Hall–Kier alpha value is -3.03. The van der Waals surface area contributed by atoms with Crippen molar-refractivity contribution >= 4 is 12.0 Å². The molecule has 190 valence electrons. The molecule has 2 amide bonds. The Labute approximate surface area is 208 Å². The van der Waals surface area contributed by atoms with Crippen molar-refractivity contribution in [1.29, 1.82) is 0 Å². The average Bonchev–Trinajstić information content (AvgIpc) is 3.21. The number of amides is 2. The highest BCUT2D eigenvalue weighted by Gasteiger charge is 2.28. The molecule has 0 atom stereocenters. The number of ether oxygens (including phenoxy) is 2. The summed E-state index contributed by atoms with van der Waals surface area (Å²) in [7, 11) is 0. The monoisotopic (exact) mass is 482 g/mol. The lowest BCUT2D eigenvalue weighted by Gasteiger charge is -2.33. The van der Waals surface area contributed by atoms with E-state index in [0.29, 0.717) is 18.8 Å². The number of nitrogens with one attached hydrogen (secondary N) is 1. The Balaban J connectivity index is 1.34. The van der Waals surface area contributed by atoms with Crippen molar-refractivity contribution in [2.24, 2.45) is 0 Å². The standard InChI is InChI=1S/C27H38N4O4/c1-19-18-24(25(32)28-20-8-6-5-7-9-20)31(29-19)21-10-12-22(13-11-21)34-23-14-16-30(17-15-23)26(33)35-27(2,3)4/h10-13,18,20,23H,5-9,14-17H2,1-4H3,(H,28,32). The molecule has 1 saturated carbocycles. The number of aromatic nitrogens is 2. The van der Waals surface area contributed by atoms with Gasteiger partial charge < -0.3 is 19.7 Å². The molecular weight excluding hydrogens is 444 g/mol. The van der Waals surface area contributed by atoms with Crippen molar-refractivity contribution in [2.75, 3.05) is 13.1 Å². The van der Waals surface area contributed by atoms with E-state index in [4.69, 9.17) is 9.47 Å². The molecule has 1 aliphatic carbocycles. The van der Waals surface area contributed by atoms with Crippen LogP contribution in [0.1, 0.15) is 81.9 Å². The first-order valence-corrected chi connectivity index (χ1v) is 12.8. The third kappa shape index (κ3) is 6.77. The van der Waals surface area contributed by atoms with Crippen LogP contribution < -0.4 is 10.1 Å². The van der Waals surface area contributed by atoms with Gasteiger partial charge in [0.1, 0.15) is 23.1 Å². The van der Waals surface area contributed by atoms with Crippen LogP contribution in [0.2, 0.25) is 0 Å². The van der Waals surface area contributed by atoms with Gasteiger partial charge in [-0.05, 0) is 70.9 Å². The highest BCUT2D eigenvalue weighted by atomic mass is 16.6.